The maximum atomic E-state index is 12.4. The van der Waals surface area contributed by atoms with Gasteiger partial charge in [-0.15, -0.1) is 0 Å². The van der Waals surface area contributed by atoms with Crippen LogP contribution in [-0.2, 0) is 0 Å². The minimum Gasteiger partial charge on any atom is -0.321 e. The van der Waals surface area contributed by atoms with E-state index in [0.717, 1.165) is 5.56 Å². The summed E-state index contributed by atoms with van der Waals surface area (Å²) in [5.74, 6) is 0. The minimum atomic E-state index is -0.450. The highest BCUT2D eigenvalue weighted by Crippen LogP contribution is 2.24. The molecule has 24 heavy (non-hydrogen) atoms. The molecule has 1 atom stereocenters. The monoisotopic (exact) mass is 347 g/mol. The topological polar surface area (TPSA) is 75.5 Å². The third-order valence-electron chi connectivity index (χ3n) is 3.88. The number of aryl methyl sites for hydroxylation is 1. The van der Waals surface area contributed by atoms with Gasteiger partial charge in [-0.25, -0.2) is 4.79 Å². The number of nitrogens with one attached hydrogen (secondary N) is 1. The number of nitro groups is 1. The molecule has 0 aromatic heterocycles. The van der Waals surface area contributed by atoms with Crippen LogP contribution in [-0.4, -0.2) is 22.9 Å². The molecule has 0 saturated carbocycles. The van der Waals surface area contributed by atoms with E-state index in [1.165, 1.54) is 12.1 Å². The summed E-state index contributed by atoms with van der Waals surface area (Å²) in [6.45, 7) is 3.53. The Morgan fingerprint density at radius 2 is 2.00 bits per heavy atom. The van der Waals surface area contributed by atoms with E-state index in [0.29, 0.717) is 16.3 Å². The SMILES string of the molecule is Cc1cc(NC(=O)N(C)C(C)c2cccc(Cl)c2)ccc1[N+](=O)[O-]. The Balaban J connectivity index is 2.11. The highest BCUT2D eigenvalue weighted by molar-refractivity contribution is 6.30. The maximum absolute atomic E-state index is 12.4. The number of hydrogen-bond donors (Lipinski definition) is 1. The summed E-state index contributed by atoms with van der Waals surface area (Å²) in [5, 5.41) is 14.2. The summed E-state index contributed by atoms with van der Waals surface area (Å²) >= 11 is 5.99. The van der Waals surface area contributed by atoms with E-state index in [2.05, 4.69) is 5.32 Å². The summed E-state index contributed by atoms with van der Waals surface area (Å²) in [4.78, 5) is 24.3. The van der Waals surface area contributed by atoms with Crippen LogP contribution in [0.3, 0.4) is 0 Å². The lowest BCUT2D eigenvalue weighted by Gasteiger charge is -2.25. The first kappa shape index (κ1) is 17.7. The number of benzene rings is 2. The molecule has 1 N–H and O–H groups in total. The van der Waals surface area contributed by atoms with Crippen LogP contribution in [0, 0.1) is 17.0 Å². The Morgan fingerprint density at radius 1 is 1.29 bits per heavy atom. The van der Waals surface area contributed by atoms with Gasteiger partial charge in [0.05, 0.1) is 11.0 Å². The number of anilines is 1. The lowest BCUT2D eigenvalue weighted by atomic mass is 10.1. The molecule has 0 aliphatic heterocycles. The van der Waals surface area contributed by atoms with Crippen LogP contribution in [0.5, 0.6) is 0 Å². The molecular formula is C17H18ClN3O3. The lowest BCUT2D eigenvalue weighted by Crippen LogP contribution is -2.33. The first-order valence-corrected chi connectivity index (χ1v) is 7.71. The van der Waals surface area contributed by atoms with Crippen molar-refractivity contribution in [3.63, 3.8) is 0 Å². The van der Waals surface area contributed by atoms with E-state index in [1.54, 1.807) is 31.0 Å². The van der Waals surface area contributed by atoms with E-state index in [1.807, 2.05) is 25.1 Å². The molecule has 0 bridgehead atoms. The molecule has 7 heteroatoms. The molecule has 0 aliphatic rings. The molecule has 0 fully saturated rings. The number of carbonyl (C=O) groups is 1. The van der Waals surface area contributed by atoms with Crippen molar-refractivity contribution in [2.24, 2.45) is 0 Å². The van der Waals surface area contributed by atoms with E-state index >= 15 is 0 Å². The fraction of sp³-hybridized carbons (Fsp3) is 0.235. The quantitative estimate of drug-likeness (QED) is 0.638. The molecule has 2 aromatic carbocycles. The zero-order valence-corrected chi connectivity index (χ0v) is 14.4. The summed E-state index contributed by atoms with van der Waals surface area (Å²) in [7, 11) is 1.68. The molecule has 0 saturated heterocycles. The van der Waals surface area contributed by atoms with Crippen molar-refractivity contribution in [3.8, 4) is 0 Å². The summed E-state index contributed by atoms with van der Waals surface area (Å²) in [5.41, 5.74) is 1.94. The van der Waals surface area contributed by atoms with E-state index < -0.39 is 4.92 Å². The van der Waals surface area contributed by atoms with Gasteiger partial charge in [0.2, 0.25) is 0 Å². The van der Waals surface area contributed by atoms with Gasteiger partial charge in [-0.3, -0.25) is 10.1 Å². The summed E-state index contributed by atoms with van der Waals surface area (Å²) in [6, 6.07) is 11.3. The van der Waals surface area contributed by atoms with Crippen molar-refractivity contribution in [2.75, 3.05) is 12.4 Å². The summed E-state index contributed by atoms with van der Waals surface area (Å²) in [6.07, 6.45) is 0. The molecular weight excluding hydrogens is 330 g/mol. The highest BCUT2D eigenvalue weighted by atomic mass is 35.5. The number of carbonyl (C=O) groups excluding carboxylic acids is 1. The molecule has 0 heterocycles. The zero-order valence-electron chi connectivity index (χ0n) is 13.6. The Bertz CT molecular complexity index is 779. The molecule has 2 rings (SSSR count). The normalized spacial score (nSPS) is 11.7. The van der Waals surface area contributed by atoms with Gasteiger partial charge in [-0.05, 0) is 43.7 Å². The minimum absolute atomic E-state index is 0.0219. The second-order valence-electron chi connectivity index (χ2n) is 5.53. The molecule has 126 valence electrons. The fourth-order valence-corrected chi connectivity index (χ4v) is 2.51. The van der Waals surface area contributed by atoms with Crippen molar-refractivity contribution < 1.29 is 9.72 Å². The van der Waals surface area contributed by atoms with Crippen molar-refractivity contribution in [1.29, 1.82) is 0 Å². The Labute approximate surface area is 145 Å². The Hall–Kier alpha value is -2.60. The van der Waals surface area contributed by atoms with Gasteiger partial charge in [0, 0.05) is 29.4 Å². The van der Waals surface area contributed by atoms with Crippen molar-refractivity contribution >= 4 is 29.0 Å². The fourth-order valence-electron chi connectivity index (χ4n) is 2.32. The van der Waals surface area contributed by atoms with Crippen LogP contribution < -0.4 is 5.32 Å². The predicted octanol–water partition coefficient (Wildman–Crippen LogP) is 4.78. The lowest BCUT2D eigenvalue weighted by molar-refractivity contribution is -0.385. The largest absolute Gasteiger partial charge is 0.322 e. The van der Waals surface area contributed by atoms with Crippen LogP contribution in [0.4, 0.5) is 16.2 Å². The van der Waals surface area contributed by atoms with Crippen LogP contribution in [0.2, 0.25) is 5.02 Å². The van der Waals surface area contributed by atoms with Gasteiger partial charge in [0.25, 0.3) is 5.69 Å². The van der Waals surface area contributed by atoms with Gasteiger partial charge in [-0.1, -0.05) is 23.7 Å². The Morgan fingerprint density at radius 3 is 2.58 bits per heavy atom. The van der Waals surface area contributed by atoms with E-state index in [9.17, 15) is 14.9 Å². The number of hydrogen-bond acceptors (Lipinski definition) is 3. The van der Waals surface area contributed by atoms with Crippen LogP contribution in [0.25, 0.3) is 0 Å². The number of urea groups is 1. The van der Waals surface area contributed by atoms with Crippen LogP contribution >= 0.6 is 11.6 Å². The highest BCUT2D eigenvalue weighted by Gasteiger charge is 2.18. The van der Waals surface area contributed by atoms with Gasteiger partial charge in [-0.2, -0.15) is 0 Å². The molecule has 0 radical (unpaired) electrons. The molecule has 1 unspecified atom stereocenters. The second kappa shape index (κ2) is 7.31. The van der Waals surface area contributed by atoms with Crippen LogP contribution in [0.15, 0.2) is 42.5 Å². The number of rotatable bonds is 4. The molecule has 6 nitrogen and oxygen atoms in total. The standard InChI is InChI=1S/C17H18ClN3O3/c1-11-9-15(7-8-16(11)21(23)24)19-17(22)20(3)12(2)13-5-4-6-14(18)10-13/h4-10,12H,1-3H3,(H,19,22). The number of amides is 2. The van der Waals surface area contributed by atoms with E-state index in [-0.39, 0.29) is 17.8 Å². The number of nitro benzene ring substituents is 1. The van der Waals surface area contributed by atoms with Crippen molar-refractivity contribution in [1.82, 2.24) is 4.90 Å². The van der Waals surface area contributed by atoms with E-state index in [4.69, 9.17) is 11.6 Å². The van der Waals surface area contributed by atoms with Gasteiger partial charge >= 0.3 is 6.03 Å². The number of nitrogens with zero attached hydrogens (tertiary/aromatic N) is 2. The average Bonchev–Trinajstić information content (AvgIpc) is 2.53. The first-order chi connectivity index (χ1) is 11.3. The van der Waals surface area contributed by atoms with Gasteiger partial charge in [0.1, 0.15) is 0 Å². The molecule has 2 aromatic rings. The summed E-state index contributed by atoms with van der Waals surface area (Å²) < 4.78 is 0. The maximum Gasteiger partial charge on any atom is 0.322 e. The third-order valence-corrected chi connectivity index (χ3v) is 4.11. The second-order valence-corrected chi connectivity index (χ2v) is 5.97. The van der Waals surface area contributed by atoms with Crippen molar-refractivity contribution in [3.05, 3.63) is 68.7 Å². The van der Waals surface area contributed by atoms with Crippen LogP contribution in [0.1, 0.15) is 24.1 Å². The van der Waals surface area contributed by atoms with Crippen molar-refractivity contribution in [2.45, 2.75) is 19.9 Å². The predicted molar refractivity (Wildman–Crippen MR) is 94.5 cm³/mol. The number of halogens is 1. The molecule has 2 amide bonds. The van der Waals surface area contributed by atoms with Gasteiger partial charge in [0.15, 0.2) is 0 Å². The molecule has 0 aliphatic carbocycles. The first-order valence-electron chi connectivity index (χ1n) is 7.34. The molecule has 0 spiro atoms. The smallest absolute Gasteiger partial charge is 0.321 e. The third kappa shape index (κ3) is 4.02. The average molecular weight is 348 g/mol. The Kier molecular flexibility index (Phi) is 5.41. The van der Waals surface area contributed by atoms with Gasteiger partial charge < -0.3 is 10.2 Å². The zero-order chi connectivity index (χ0) is 17.9.